The molecule has 2 aromatic rings. The molecule has 19 heavy (non-hydrogen) atoms. The summed E-state index contributed by atoms with van der Waals surface area (Å²) >= 11 is 3.34. The third kappa shape index (κ3) is 3.60. The average molecular weight is 329 g/mol. The van der Waals surface area contributed by atoms with Crippen LogP contribution in [0.5, 0.6) is 0 Å². The lowest BCUT2D eigenvalue weighted by atomic mass is 9.93. The Labute approximate surface area is 118 Å². The summed E-state index contributed by atoms with van der Waals surface area (Å²) in [5.41, 5.74) is 1.06. The lowest BCUT2D eigenvalue weighted by molar-refractivity contribution is 0.575. The number of hydrogen-bond donors (Lipinski definition) is 0. The number of benzene rings is 2. The second-order valence-corrected chi connectivity index (χ2v) is 4.99. The number of hydrogen-bond acceptors (Lipinski definition) is 0. The van der Waals surface area contributed by atoms with Gasteiger partial charge in [0.05, 0.1) is 0 Å². The Morgan fingerprint density at radius 1 is 0.947 bits per heavy atom. The molecule has 0 saturated carbocycles. The summed E-state index contributed by atoms with van der Waals surface area (Å²) in [6, 6.07) is 9.56. The molecule has 0 aromatic heterocycles. The Morgan fingerprint density at radius 3 is 2.37 bits per heavy atom. The molecule has 0 N–H and O–H groups in total. The molecule has 0 radical (unpaired) electrons. The van der Waals surface area contributed by atoms with E-state index in [0.717, 1.165) is 17.7 Å². The van der Waals surface area contributed by atoms with Crippen LogP contribution in [-0.4, -0.2) is 5.33 Å². The highest BCUT2D eigenvalue weighted by atomic mass is 79.9. The van der Waals surface area contributed by atoms with Crippen LogP contribution in [0.1, 0.15) is 17.0 Å². The molecule has 0 aliphatic rings. The van der Waals surface area contributed by atoms with E-state index in [1.54, 1.807) is 12.1 Å². The Hall–Kier alpha value is -1.29. The fourth-order valence-electron chi connectivity index (χ4n) is 1.99. The SMILES string of the molecule is Fc1cccc(C(CBr)Cc2cc(F)ccc2F)c1. The highest BCUT2D eigenvalue weighted by Gasteiger charge is 2.15. The topological polar surface area (TPSA) is 0 Å². The maximum Gasteiger partial charge on any atom is 0.126 e. The highest BCUT2D eigenvalue weighted by Crippen LogP contribution is 2.25. The van der Waals surface area contributed by atoms with Crippen molar-refractivity contribution in [2.45, 2.75) is 12.3 Å². The van der Waals surface area contributed by atoms with Crippen molar-refractivity contribution >= 4 is 15.9 Å². The zero-order chi connectivity index (χ0) is 13.8. The van der Waals surface area contributed by atoms with Crippen LogP contribution in [-0.2, 0) is 6.42 Å². The van der Waals surface area contributed by atoms with Gasteiger partial charge in [0.25, 0.3) is 0 Å². The summed E-state index contributed by atoms with van der Waals surface area (Å²) in [6.07, 6.45) is 0.318. The average Bonchev–Trinajstić information content (AvgIpc) is 2.39. The van der Waals surface area contributed by atoms with E-state index in [2.05, 4.69) is 15.9 Å². The zero-order valence-electron chi connectivity index (χ0n) is 10.0. The van der Waals surface area contributed by atoms with Gasteiger partial charge >= 0.3 is 0 Å². The molecule has 0 aliphatic carbocycles. The molecule has 0 spiro atoms. The van der Waals surface area contributed by atoms with E-state index in [-0.39, 0.29) is 11.7 Å². The number of halogens is 4. The molecular weight excluding hydrogens is 317 g/mol. The molecule has 0 heterocycles. The van der Waals surface area contributed by atoms with Crippen molar-refractivity contribution in [2.24, 2.45) is 0 Å². The molecule has 0 amide bonds. The van der Waals surface area contributed by atoms with Crippen LogP contribution in [0.3, 0.4) is 0 Å². The van der Waals surface area contributed by atoms with E-state index < -0.39 is 11.6 Å². The molecule has 0 saturated heterocycles. The maximum atomic E-state index is 13.6. The Balaban J connectivity index is 2.26. The van der Waals surface area contributed by atoms with Gasteiger partial charge in [-0.25, -0.2) is 13.2 Å². The molecular formula is C15H12BrF3. The van der Waals surface area contributed by atoms with Crippen LogP contribution in [0.15, 0.2) is 42.5 Å². The van der Waals surface area contributed by atoms with Gasteiger partial charge < -0.3 is 0 Å². The van der Waals surface area contributed by atoms with Crippen molar-refractivity contribution in [3.8, 4) is 0 Å². The van der Waals surface area contributed by atoms with E-state index >= 15 is 0 Å². The first-order chi connectivity index (χ1) is 9.10. The van der Waals surface area contributed by atoms with Gasteiger partial charge in [0.15, 0.2) is 0 Å². The van der Waals surface area contributed by atoms with E-state index in [0.29, 0.717) is 17.3 Å². The van der Waals surface area contributed by atoms with Gasteiger partial charge in [0.1, 0.15) is 17.5 Å². The van der Waals surface area contributed by atoms with E-state index in [9.17, 15) is 13.2 Å². The molecule has 0 bridgehead atoms. The van der Waals surface area contributed by atoms with E-state index in [1.807, 2.05) is 0 Å². The quantitative estimate of drug-likeness (QED) is 0.705. The molecule has 1 unspecified atom stereocenters. The Morgan fingerprint density at radius 2 is 1.68 bits per heavy atom. The van der Waals surface area contributed by atoms with Crippen LogP contribution in [0, 0.1) is 17.5 Å². The molecule has 2 aromatic carbocycles. The van der Waals surface area contributed by atoms with Crippen LogP contribution in [0.2, 0.25) is 0 Å². The highest BCUT2D eigenvalue weighted by molar-refractivity contribution is 9.09. The normalized spacial score (nSPS) is 12.4. The van der Waals surface area contributed by atoms with Crippen molar-refractivity contribution in [1.29, 1.82) is 0 Å². The summed E-state index contributed by atoms with van der Waals surface area (Å²) in [4.78, 5) is 0. The van der Waals surface area contributed by atoms with Gasteiger partial charge in [-0.3, -0.25) is 0 Å². The van der Waals surface area contributed by atoms with Crippen LogP contribution < -0.4 is 0 Å². The smallest absolute Gasteiger partial charge is 0.126 e. The third-order valence-corrected chi connectivity index (χ3v) is 3.76. The second kappa shape index (κ2) is 6.24. The Bertz CT molecular complexity index is 569. The summed E-state index contributed by atoms with van der Waals surface area (Å²) in [5, 5.41) is 0.548. The van der Waals surface area contributed by atoms with E-state index in [4.69, 9.17) is 0 Å². The minimum Gasteiger partial charge on any atom is -0.207 e. The predicted molar refractivity (Wildman–Crippen MR) is 73.0 cm³/mol. The van der Waals surface area contributed by atoms with E-state index in [1.165, 1.54) is 18.2 Å². The summed E-state index contributed by atoms with van der Waals surface area (Å²) in [5.74, 6) is -1.34. The van der Waals surface area contributed by atoms with Crippen molar-refractivity contribution in [3.63, 3.8) is 0 Å². The first kappa shape index (κ1) is 14.1. The zero-order valence-corrected chi connectivity index (χ0v) is 11.6. The first-order valence-corrected chi connectivity index (χ1v) is 6.97. The summed E-state index contributed by atoms with van der Waals surface area (Å²) in [6.45, 7) is 0. The maximum absolute atomic E-state index is 13.6. The fourth-order valence-corrected chi connectivity index (χ4v) is 2.59. The van der Waals surface area contributed by atoms with Gasteiger partial charge in [-0.1, -0.05) is 28.1 Å². The molecule has 0 nitrogen and oxygen atoms in total. The first-order valence-electron chi connectivity index (χ1n) is 5.85. The van der Waals surface area contributed by atoms with Crippen molar-refractivity contribution in [3.05, 3.63) is 71.0 Å². The molecule has 100 valence electrons. The van der Waals surface area contributed by atoms with Gasteiger partial charge in [0.2, 0.25) is 0 Å². The van der Waals surface area contributed by atoms with Gasteiger partial charge in [0, 0.05) is 5.33 Å². The van der Waals surface area contributed by atoms with Crippen molar-refractivity contribution < 1.29 is 13.2 Å². The number of alkyl halides is 1. The second-order valence-electron chi connectivity index (χ2n) is 4.35. The predicted octanol–water partition coefficient (Wildman–Crippen LogP) is 4.83. The third-order valence-electron chi connectivity index (χ3n) is 2.98. The van der Waals surface area contributed by atoms with Crippen LogP contribution in [0.4, 0.5) is 13.2 Å². The lowest BCUT2D eigenvalue weighted by Gasteiger charge is -2.15. The summed E-state index contributed by atoms with van der Waals surface area (Å²) < 4.78 is 39.9. The van der Waals surface area contributed by atoms with Crippen molar-refractivity contribution in [2.75, 3.05) is 5.33 Å². The minimum absolute atomic E-state index is 0.105. The van der Waals surface area contributed by atoms with Gasteiger partial charge in [-0.2, -0.15) is 0 Å². The minimum atomic E-state index is -0.469. The van der Waals surface area contributed by atoms with Crippen LogP contribution in [0.25, 0.3) is 0 Å². The standard InChI is InChI=1S/C15H12BrF3/c16-9-12(10-2-1-3-13(17)7-10)6-11-8-14(18)4-5-15(11)19/h1-5,7-8,12H,6,9H2. The molecule has 0 aliphatic heterocycles. The van der Waals surface area contributed by atoms with Gasteiger partial charge in [-0.15, -0.1) is 0 Å². The summed E-state index contributed by atoms with van der Waals surface area (Å²) in [7, 11) is 0. The van der Waals surface area contributed by atoms with Crippen LogP contribution >= 0.6 is 15.9 Å². The monoisotopic (exact) mass is 328 g/mol. The molecule has 4 heteroatoms. The molecule has 2 rings (SSSR count). The number of rotatable bonds is 4. The van der Waals surface area contributed by atoms with Crippen molar-refractivity contribution in [1.82, 2.24) is 0 Å². The fraction of sp³-hybridized carbons (Fsp3) is 0.200. The molecule has 1 atom stereocenters. The van der Waals surface area contributed by atoms with Gasteiger partial charge in [-0.05, 0) is 53.8 Å². The largest absolute Gasteiger partial charge is 0.207 e. The lowest BCUT2D eigenvalue weighted by Crippen LogP contribution is -2.06. The molecule has 0 fully saturated rings. The Kier molecular flexibility index (Phi) is 4.64.